The number of amides is 1. The lowest BCUT2D eigenvalue weighted by Crippen LogP contribution is -2.20. The van der Waals surface area contributed by atoms with Crippen molar-refractivity contribution in [1.82, 2.24) is 20.3 Å². The van der Waals surface area contributed by atoms with Gasteiger partial charge in [-0.05, 0) is 18.0 Å². The molecule has 1 aromatic heterocycles. The van der Waals surface area contributed by atoms with Crippen LogP contribution in [0.3, 0.4) is 0 Å². The van der Waals surface area contributed by atoms with E-state index in [0.29, 0.717) is 11.1 Å². The average Bonchev–Trinajstić information content (AvgIpc) is 2.32. The summed E-state index contributed by atoms with van der Waals surface area (Å²) < 4.78 is 0. The van der Waals surface area contributed by atoms with Crippen molar-refractivity contribution in [1.29, 1.82) is 0 Å². The summed E-state index contributed by atoms with van der Waals surface area (Å²) in [5, 5.41) is 6.10. The van der Waals surface area contributed by atoms with Crippen molar-refractivity contribution in [2.75, 3.05) is 24.7 Å². The molecule has 2 N–H and O–H groups in total. The maximum atomic E-state index is 11.1. The molecule has 1 heterocycles. The van der Waals surface area contributed by atoms with Gasteiger partial charge in [-0.2, -0.15) is 15.0 Å². The highest BCUT2D eigenvalue weighted by molar-refractivity contribution is 7.99. The zero-order valence-corrected chi connectivity index (χ0v) is 11.2. The molecule has 94 valence electrons. The monoisotopic (exact) mass is 275 g/mol. The summed E-state index contributed by atoms with van der Waals surface area (Å²) >= 11 is 6.98. The molecular weight excluding hydrogens is 262 g/mol. The number of rotatable bonds is 6. The first-order valence-corrected chi connectivity index (χ1v) is 6.51. The molecule has 0 aliphatic rings. The highest BCUT2D eigenvalue weighted by Gasteiger charge is 2.07. The lowest BCUT2D eigenvalue weighted by Gasteiger charge is -2.05. The second kappa shape index (κ2) is 7.29. The van der Waals surface area contributed by atoms with E-state index in [0.717, 1.165) is 13.0 Å². The summed E-state index contributed by atoms with van der Waals surface area (Å²) in [6.45, 7) is 2.80. The van der Waals surface area contributed by atoms with Crippen LogP contribution in [0.5, 0.6) is 0 Å². The first-order valence-electron chi connectivity index (χ1n) is 5.14. The van der Waals surface area contributed by atoms with E-state index >= 15 is 0 Å². The van der Waals surface area contributed by atoms with Gasteiger partial charge in [0.2, 0.25) is 17.1 Å². The quantitative estimate of drug-likeness (QED) is 0.759. The lowest BCUT2D eigenvalue weighted by atomic mass is 10.5. The highest BCUT2D eigenvalue weighted by atomic mass is 35.5. The third-order valence-electron chi connectivity index (χ3n) is 1.73. The second-order valence-electron chi connectivity index (χ2n) is 3.10. The molecule has 0 spiro atoms. The molecule has 0 aromatic carbocycles. The second-order valence-corrected chi connectivity index (χ2v) is 4.38. The number of thioether (sulfide) groups is 1. The molecule has 0 unspecified atom stereocenters. The molecule has 6 nitrogen and oxygen atoms in total. The fourth-order valence-corrected chi connectivity index (χ4v) is 1.83. The van der Waals surface area contributed by atoms with Crippen LogP contribution >= 0.6 is 23.4 Å². The minimum atomic E-state index is -0.0883. The molecule has 0 saturated heterocycles. The largest absolute Gasteiger partial charge is 0.358 e. The lowest BCUT2D eigenvalue weighted by molar-refractivity contribution is -0.118. The van der Waals surface area contributed by atoms with Gasteiger partial charge in [-0.3, -0.25) is 4.79 Å². The fourth-order valence-electron chi connectivity index (χ4n) is 0.915. The molecule has 1 rings (SSSR count). The third kappa shape index (κ3) is 5.18. The van der Waals surface area contributed by atoms with Crippen LogP contribution in [-0.2, 0) is 4.79 Å². The normalized spacial score (nSPS) is 10.1. The van der Waals surface area contributed by atoms with Gasteiger partial charge in [0.05, 0.1) is 5.75 Å². The molecule has 0 aliphatic heterocycles. The maximum Gasteiger partial charge on any atom is 0.230 e. The summed E-state index contributed by atoms with van der Waals surface area (Å²) in [6.07, 6.45) is 0.962. The van der Waals surface area contributed by atoms with Gasteiger partial charge in [0.25, 0.3) is 0 Å². The van der Waals surface area contributed by atoms with Gasteiger partial charge >= 0.3 is 0 Å². The number of carbonyl (C=O) groups excluding carboxylic acids is 1. The van der Waals surface area contributed by atoms with Gasteiger partial charge in [0.15, 0.2) is 5.16 Å². The number of hydrogen-bond donors (Lipinski definition) is 2. The van der Waals surface area contributed by atoms with Gasteiger partial charge < -0.3 is 10.6 Å². The minimum absolute atomic E-state index is 0.0883. The molecule has 0 atom stereocenters. The zero-order chi connectivity index (χ0) is 12.7. The SMILES string of the molecule is CCCNc1nc(Cl)nc(SCC(=O)NC)n1. The van der Waals surface area contributed by atoms with Crippen LogP contribution in [0.2, 0.25) is 5.28 Å². The Morgan fingerprint density at radius 2 is 2.18 bits per heavy atom. The summed E-state index contributed by atoms with van der Waals surface area (Å²) in [4.78, 5) is 23.1. The Morgan fingerprint density at radius 3 is 2.82 bits per heavy atom. The average molecular weight is 276 g/mol. The molecule has 1 aromatic rings. The molecule has 0 aliphatic carbocycles. The third-order valence-corrected chi connectivity index (χ3v) is 2.75. The Bertz CT molecular complexity index is 390. The topological polar surface area (TPSA) is 79.8 Å². The molecule has 0 fully saturated rings. The number of nitrogens with zero attached hydrogens (tertiary/aromatic N) is 3. The Kier molecular flexibility index (Phi) is 5.99. The first kappa shape index (κ1) is 14.0. The van der Waals surface area contributed by atoms with Crippen molar-refractivity contribution in [2.24, 2.45) is 0 Å². The predicted molar refractivity (Wildman–Crippen MR) is 68.4 cm³/mol. The van der Waals surface area contributed by atoms with Gasteiger partial charge in [-0.15, -0.1) is 0 Å². The van der Waals surface area contributed by atoms with Gasteiger partial charge in [0, 0.05) is 13.6 Å². The summed E-state index contributed by atoms with van der Waals surface area (Å²) in [5.74, 6) is 0.602. The minimum Gasteiger partial charge on any atom is -0.358 e. The summed E-state index contributed by atoms with van der Waals surface area (Å²) in [5.41, 5.74) is 0. The van der Waals surface area contributed by atoms with Crippen LogP contribution in [0.15, 0.2) is 5.16 Å². The predicted octanol–water partition coefficient (Wildman–Crippen LogP) is 1.18. The van der Waals surface area contributed by atoms with Gasteiger partial charge in [0.1, 0.15) is 0 Å². The van der Waals surface area contributed by atoms with Crippen molar-refractivity contribution < 1.29 is 4.79 Å². The molecule has 17 heavy (non-hydrogen) atoms. The fraction of sp³-hybridized carbons (Fsp3) is 0.556. The number of anilines is 1. The molecule has 0 radical (unpaired) electrons. The van der Waals surface area contributed by atoms with Crippen LogP contribution in [0.1, 0.15) is 13.3 Å². The smallest absolute Gasteiger partial charge is 0.230 e. The molecule has 1 amide bonds. The van der Waals surface area contributed by atoms with Crippen molar-refractivity contribution in [3.05, 3.63) is 5.28 Å². The molecule has 0 saturated carbocycles. The summed E-state index contributed by atoms with van der Waals surface area (Å²) in [7, 11) is 1.58. The van der Waals surface area contributed by atoms with E-state index in [1.807, 2.05) is 6.92 Å². The zero-order valence-electron chi connectivity index (χ0n) is 9.66. The number of carbonyl (C=O) groups is 1. The Labute approximate surface area is 109 Å². The van der Waals surface area contributed by atoms with Crippen LogP contribution in [0.4, 0.5) is 5.95 Å². The van der Waals surface area contributed by atoms with E-state index in [9.17, 15) is 4.79 Å². The van der Waals surface area contributed by atoms with E-state index in [4.69, 9.17) is 11.6 Å². The van der Waals surface area contributed by atoms with Crippen molar-refractivity contribution in [3.8, 4) is 0 Å². The van der Waals surface area contributed by atoms with Gasteiger partial charge in [-0.1, -0.05) is 18.7 Å². The van der Waals surface area contributed by atoms with Crippen LogP contribution < -0.4 is 10.6 Å². The van der Waals surface area contributed by atoms with Crippen LogP contribution in [0, 0.1) is 0 Å². The van der Waals surface area contributed by atoms with Crippen molar-refractivity contribution >= 4 is 35.2 Å². The standard InChI is InChI=1S/C9H14ClN5OS/c1-3-4-12-8-13-7(10)14-9(15-8)17-5-6(16)11-2/h3-5H2,1-2H3,(H,11,16)(H,12,13,14,15). The van der Waals surface area contributed by atoms with Crippen molar-refractivity contribution in [2.45, 2.75) is 18.5 Å². The molecular formula is C9H14ClN5OS. The number of aromatic nitrogens is 3. The van der Waals surface area contributed by atoms with Crippen LogP contribution in [0.25, 0.3) is 0 Å². The van der Waals surface area contributed by atoms with E-state index in [1.54, 1.807) is 7.05 Å². The Hall–Kier alpha value is -1.08. The molecule has 0 bridgehead atoms. The van der Waals surface area contributed by atoms with E-state index in [2.05, 4.69) is 25.6 Å². The molecule has 8 heteroatoms. The van der Waals surface area contributed by atoms with E-state index in [1.165, 1.54) is 11.8 Å². The Morgan fingerprint density at radius 1 is 1.41 bits per heavy atom. The number of hydrogen-bond acceptors (Lipinski definition) is 6. The maximum absolute atomic E-state index is 11.1. The van der Waals surface area contributed by atoms with Crippen molar-refractivity contribution in [3.63, 3.8) is 0 Å². The van der Waals surface area contributed by atoms with E-state index in [-0.39, 0.29) is 16.9 Å². The highest BCUT2D eigenvalue weighted by Crippen LogP contribution is 2.16. The summed E-state index contributed by atoms with van der Waals surface area (Å²) in [6, 6.07) is 0. The first-order chi connectivity index (χ1) is 8.15. The number of halogens is 1. The van der Waals surface area contributed by atoms with Gasteiger partial charge in [-0.25, -0.2) is 0 Å². The van der Waals surface area contributed by atoms with Crippen LogP contribution in [-0.4, -0.2) is 40.2 Å². The number of nitrogens with one attached hydrogen (secondary N) is 2. The van der Waals surface area contributed by atoms with E-state index < -0.39 is 0 Å². The Balaban J connectivity index is 2.65.